The number of nitrogens with one attached hydrogen (secondary N) is 1. The molecule has 0 spiro atoms. The Bertz CT molecular complexity index is 494. The molecule has 0 bridgehead atoms. The van der Waals surface area contributed by atoms with Crippen LogP contribution in [0.15, 0.2) is 17.5 Å². The van der Waals surface area contributed by atoms with Crippen LogP contribution in [0.5, 0.6) is 0 Å². The molecule has 104 valence electrons. The van der Waals surface area contributed by atoms with Gasteiger partial charge in [0, 0.05) is 22.1 Å². The van der Waals surface area contributed by atoms with Gasteiger partial charge >= 0.3 is 0 Å². The SMILES string of the molecule is C/C=C1\N[C@H](C2C[C@H](C)[C@H](C(F)F)C2)c2sccc21. The van der Waals surface area contributed by atoms with Crippen molar-refractivity contribution in [3.8, 4) is 0 Å². The standard InChI is InChI=1S/C15H19F2NS/c1-3-12-10-4-5-19-14(10)13(18-12)9-6-8(2)11(7-9)15(16)17/h3-5,8-9,11,13,15,18H,6-7H2,1-2H3/b12-3-/t8-,9?,11+,13+/m0/s1. The summed E-state index contributed by atoms with van der Waals surface area (Å²) in [4.78, 5) is 1.33. The molecule has 0 amide bonds. The highest BCUT2D eigenvalue weighted by Gasteiger charge is 2.43. The summed E-state index contributed by atoms with van der Waals surface area (Å²) in [6, 6.07) is 2.37. The smallest absolute Gasteiger partial charge is 0.241 e. The van der Waals surface area contributed by atoms with Gasteiger partial charge < -0.3 is 5.32 Å². The highest BCUT2D eigenvalue weighted by atomic mass is 32.1. The predicted octanol–water partition coefficient (Wildman–Crippen LogP) is 4.68. The molecule has 1 fully saturated rings. The Kier molecular flexibility index (Phi) is 3.37. The lowest BCUT2D eigenvalue weighted by Crippen LogP contribution is -2.20. The van der Waals surface area contributed by atoms with Gasteiger partial charge in [0.05, 0.1) is 6.04 Å². The molecule has 0 saturated heterocycles. The number of thiophene rings is 1. The van der Waals surface area contributed by atoms with Gasteiger partial charge in [0.1, 0.15) is 0 Å². The minimum Gasteiger partial charge on any atom is -0.377 e. The highest BCUT2D eigenvalue weighted by Crippen LogP contribution is 2.49. The molecule has 4 atom stereocenters. The molecule has 4 heteroatoms. The number of hydrogen-bond acceptors (Lipinski definition) is 2. The van der Waals surface area contributed by atoms with Crippen LogP contribution >= 0.6 is 11.3 Å². The summed E-state index contributed by atoms with van der Waals surface area (Å²) in [5.41, 5.74) is 2.43. The average Bonchev–Trinajstić information content (AvgIpc) is 3.02. The van der Waals surface area contributed by atoms with Crippen molar-refractivity contribution >= 4 is 17.0 Å². The molecule has 1 aliphatic carbocycles. The summed E-state index contributed by atoms with van der Waals surface area (Å²) in [6.07, 6.45) is 1.45. The first-order chi connectivity index (χ1) is 9.11. The summed E-state index contributed by atoms with van der Waals surface area (Å²) in [7, 11) is 0. The summed E-state index contributed by atoms with van der Waals surface area (Å²) in [5, 5.41) is 5.64. The van der Waals surface area contributed by atoms with E-state index in [9.17, 15) is 8.78 Å². The van der Waals surface area contributed by atoms with Gasteiger partial charge in [-0.15, -0.1) is 11.3 Å². The molecule has 1 unspecified atom stereocenters. The van der Waals surface area contributed by atoms with Gasteiger partial charge in [-0.1, -0.05) is 13.0 Å². The lowest BCUT2D eigenvalue weighted by atomic mass is 9.96. The zero-order chi connectivity index (χ0) is 13.6. The Hall–Kier alpha value is -0.900. The van der Waals surface area contributed by atoms with E-state index in [1.165, 1.54) is 10.4 Å². The normalized spacial score (nSPS) is 35.9. The van der Waals surface area contributed by atoms with E-state index in [0.29, 0.717) is 12.3 Å². The third-order valence-corrected chi connectivity index (χ3v) is 5.64. The third kappa shape index (κ3) is 2.10. The Morgan fingerprint density at radius 2 is 2.21 bits per heavy atom. The van der Waals surface area contributed by atoms with Crippen LogP contribution in [-0.2, 0) is 0 Å². The molecule has 0 aromatic carbocycles. The van der Waals surface area contributed by atoms with Crippen LogP contribution in [0.25, 0.3) is 5.70 Å². The average molecular weight is 283 g/mol. The molecule has 1 aromatic heterocycles. The fraction of sp³-hybridized carbons (Fsp3) is 0.600. The Labute approximate surface area is 116 Å². The molecular weight excluding hydrogens is 264 g/mol. The third-order valence-electron chi connectivity index (χ3n) is 4.64. The van der Waals surface area contributed by atoms with Crippen molar-refractivity contribution in [1.82, 2.24) is 5.32 Å². The van der Waals surface area contributed by atoms with Crippen LogP contribution in [0, 0.1) is 17.8 Å². The molecule has 1 aliphatic heterocycles. The molecule has 0 radical (unpaired) electrons. The molecule has 1 nitrogen and oxygen atoms in total. The second kappa shape index (κ2) is 4.89. The summed E-state index contributed by atoms with van der Waals surface area (Å²) in [6.45, 7) is 3.99. The number of allylic oxidation sites excluding steroid dienone is 1. The maximum absolute atomic E-state index is 13.0. The van der Waals surface area contributed by atoms with Crippen LogP contribution in [0.1, 0.15) is 43.2 Å². The summed E-state index contributed by atoms with van der Waals surface area (Å²) < 4.78 is 26.0. The fourth-order valence-electron chi connectivity index (χ4n) is 3.62. The maximum atomic E-state index is 13.0. The van der Waals surface area contributed by atoms with Crippen molar-refractivity contribution in [1.29, 1.82) is 0 Å². The van der Waals surface area contributed by atoms with Crippen LogP contribution in [-0.4, -0.2) is 6.43 Å². The number of hydrogen-bond donors (Lipinski definition) is 1. The van der Waals surface area contributed by atoms with E-state index >= 15 is 0 Å². The Balaban J connectivity index is 1.83. The van der Waals surface area contributed by atoms with Gasteiger partial charge in [-0.3, -0.25) is 0 Å². The second-order valence-electron chi connectivity index (χ2n) is 5.73. The molecule has 1 N–H and O–H groups in total. The van der Waals surface area contributed by atoms with Crippen molar-refractivity contribution in [3.63, 3.8) is 0 Å². The number of fused-ring (bicyclic) bond motifs is 1. The minimum absolute atomic E-state index is 0.130. The fourth-order valence-corrected chi connectivity index (χ4v) is 4.67. The molecular formula is C15H19F2NS. The Morgan fingerprint density at radius 3 is 2.84 bits per heavy atom. The van der Waals surface area contributed by atoms with Crippen LogP contribution in [0.3, 0.4) is 0 Å². The van der Waals surface area contributed by atoms with Crippen molar-refractivity contribution in [2.24, 2.45) is 17.8 Å². The highest BCUT2D eigenvalue weighted by molar-refractivity contribution is 7.10. The van der Waals surface area contributed by atoms with E-state index < -0.39 is 12.3 Å². The lowest BCUT2D eigenvalue weighted by Gasteiger charge is -2.20. The zero-order valence-electron chi connectivity index (χ0n) is 11.2. The van der Waals surface area contributed by atoms with Gasteiger partial charge in [-0.2, -0.15) is 0 Å². The van der Waals surface area contributed by atoms with Gasteiger partial charge in [0.2, 0.25) is 6.43 Å². The summed E-state index contributed by atoms with van der Waals surface area (Å²) in [5.74, 6) is 0.0404. The largest absolute Gasteiger partial charge is 0.377 e. The van der Waals surface area contributed by atoms with Gasteiger partial charge in [0.15, 0.2) is 0 Å². The van der Waals surface area contributed by atoms with Crippen LogP contribution in [0.4, 0.5) is 8.78 Å². The topological polar surface area (TPSA) is 12.0 Å². The first-order valence-corrected chi connectivity index (χ1v) is 7.78. The van der Waals surface area contributed by atoms with E-state index in [1.807, 2.05) is 13.8 Å². The van der Waals surface area contributed by atoms with Crippen LogP contribution < -0.4 is 5.32 Å². The molecule has 1 saturated carbocycles. The molecule has 2 aliphatic rings. The quantitative estimate of drug-likeness (QED) is 0.831. The van der Waals surface area contributed by atoms with Crippen molar-refractivity contribution in [3.05, 3.63) is 28.0 Å². The Morgan fingerprint density at radius 1 is 1.42 bits per heavy atom. The number of alkyl halides is 2. The monoisotopic (exact) mass is 283 g/mol. The zero-order valence-corrected chi connectivity index (χ0v) is 12.0. The first-order valence-electron chi connectivity index (χ1n) is 6.90. The molecule has 1 aromatic rings. The lowest BCUT2D eigenvalue weighted by molar-refractivity contribution is 0.0588. The number of rotatable bonds is 2. The summed E-state index contributed by atoms with van der Waals surface area (Å²) >= 11 is 1.75. The molecule has 3 rings (SSSR count). The van der Waals surface area contributed by atoms with E-state index in [0.717, 1.165) is 12.1 Å². The van der Waals surface area contributed by atoms with Crippen molar-refractivity contribution in [2.75, 3.05) is 0 Å². The van der Waals surface area contributed by atoms with Gasteiger partial charge in [-0.05, 0) is 43.0 Å². The predicted molar refractivity (Wildman–Crippen MR) is 75.2 cm³/mol. The van der Waals surface area contributed by atoms with Crippen molar-refractivity contribution in [2.45, 2.75) is 39.2 Å². The van der Waals surface area contributed by atoms with Crippen LogP contribution in [0.2, 0.25) is 0 Å². The molecule has 2 heterocycles. The molecule has 19 heavy (non-hydrogen) atoms. The van der Waals surface area contributed by atoms with E-state index in [4.69, 9.17) is 0 Å². The van der Waals surface area contributed by atoms with Gasteiger partial charge in [-0.25, -0.2) is 8.78 Å². The van der Waals surface area contributed by atoms with Crippen molar-refractivity contribution < 1.29 is 8.78 Å². The van der Waals surface area contributed by atoms with E-state index in [2.05, 4.69) is 22.8 Å². The first kappa shape index (κ1) is 13.1. The van der Waals surface area contributed by atoms with E-state index in [-0.39, 0.29) is 12.0 Å². The maximum Gasteiger partial charge on any atom is 0.241 e. The number of halogens is 2. The minimum atomic E-state index is -2.18. The van der Waals surface area contributed by atoms with Gasteiger partial charge in [0.25, 0.3) is 0 Å². The second-order valence-corrected chi connectivity index (χ2v) is 6.68. The van der Waals surface area contributed by atoms with E-state index in [1.54, 1.807) is 11.3 Å².